The molecule has 1 aromatic rings. The fourth-order valence-electron chi connectivity index (χ4n) is 2.34. The molecule has 0 radical (unpaired) electrons. The van der Waals surface area contributed by atoms with Gasteiger partial charge in [-0.1, -0.05) is 12.1 Å². The summed E-state index contributed by atoms with van der Waals surface area (Å²) in [6, 6.07) is 8.71. The molecule has 0 aromatic heterocycles. The summed E-state index contributed by atoms with van der Waals surface area (Å²) in [6.07, 6.45) is 2.67. The number of piperidine rings is 1. The number of hydrogen-bond donors (Lipinski definition) is 1. The van der Waals surface area contributed by atoms with Gasteiger partial charge in [0.2, 0.25) is 0 Å². The number of rotatable bonds is 3. The number of ether oxygens (including phenoxy) is 1. The highest BCUT2D eigenvalue weighted by atomic mass is 16.5. The molecule has 3 heteroatoms. The van der Waals surface area contributed by atoms with E-state index in [1.807, 2.05) is 6.92 Å². The van der Waals surface area contributed by atoms with Crippen molar-refractivity contribution in [2.75, 3.05) is 25.1 Å². The average Bonchev–Trinajstić information content (AvgIpc) is 2.39. The van der Waals surface area contributed by atoms with Crippen LogP contribution in [0.25, 0.3) is 0 Å². The van der Waals surface area contributed by atoms with Gasteiger partial charge in [-0.25, -0.2) is 0 Å². The first-order valence-electron chi connectivity index (χ1n) is 6.34. The molecule has 0 amide bonds. The van der Waals surface area contributed by atoms with Gasteiger partial charge >= 0.3 is 0 Å². The number of nitrogens with two attached hydrogens (primary N) is 1. The van der Waals surface area contributed by atoms with Crippen molar-refractivity contribution in [3.8, 4) is 0 Å². The number of hydrogen-bond acceptors (Lipinski definition) is 3. The van der Waals surface area contributed by atoms with E-state index in [9.17, 15) is 0 Å². The normalized spacial score (nSPS) is 19.4. The summed E-state index contributed by atoms with van der Waals surface area (Å²) in [5.74, 6) is 0. The van der Waals surface area contributed by atoms with Crippen LogP contribution >= 0.6 is 0 Å². The average molecular weight is 234 g/mol. The van der Waals surface area contributed by atoms with Crippen LogP contribution in [0.5, 0.6) is 0 Å². The number of anilines is 1. The fraction of sp³-hybridized carbons (Fsp3) is 0.571. The largest absolute Gasteiger partial charge is 0.381 e. The zero-order valence-electron chi connectivity index (χ0n) is 10.7. The van der Waals surface area contributed by atoms with Crippen molar-refractivity contribution < 1.29 is 4.74 Å². The van der Waals surface area contributed by atoms with Gasteiger partial charge in [0.05, 0.1) is 6.10 Å². The Labute approximate surface area is 104 Å². The summed E-state index contributed by atoms with van der Waals surface area (Å²) in [7, 11) is 1.80. The molecule has 94 valence electrons. The Hall–Kier alpha value is -1.06. The molecular weight excluding hydrogens is 212 g/mol. The van der Waals surface area contributed by atoms with Crippen molar-refractivity contribution in [2.45, 2.75) is 31.9 Å². The summed E-state index contributed by atoms with van der Waals surface area (Å²) in [4.78, 5) is 2.42. The van der Waals surface area contributed by atoms with E-state index in [0.29, 0.717) is 6.10 Å². The molecule has 1 fully saturated rings. The molecule has 1 saturated heterocycles. The highest BCUT2D eigenvalue weighted by Crippen LogP contribution is 2.22. The molecule has 1 aliphatic heterocycles. The van der Waals surface area contributed by atoms with Crippen LogP contribution in [-0.4, -0.2) is 26.3 Å². The monoisotopic (exact) mass is 234 g/mol. The summed E-state index contributed by atoms with van der Waals surface area (Å²) in [5, 5.41) is 0. The second-order valence-electron chi connectivity index (χ2n) is 4.80. The number of methoxy groups -OCH3 is 1. The van der Waals surface area contributed by atoms with E-state index in [1.54, 1.807) is 7.11 Å². The molecule has 17 heavy (non-hydrogen) atoms. The van der Waals surface area contributed by atoms with Crippen molar-refractivity contribution in [1.82, 2.24) is 0 Å². The lowest BCUT2D eigenvalue weighted by Crippen LogP contribution is -2.36. The first kappa shape index (κ1) is 12.4. The van der Waals surface area contributed by atoms with Crippen LogP contribution < -0.4 is 10.6 Å². The maximum absolute atomic E-state index is 5.85. The number of nitrogens with zero attached hydrogens (tertiary/aromatic N) is 1. The predicted octanol–water partition coefficient (Wildman–Crippen LogP) is 2.32. The predicted molar refractivity (Wildman–Crippen MR) is 71.3 cm³/mol. The van der Waals surface area contributed by atoms with Gasteiger partial charge in [-0.05, 0) is 37.5 Å². The molecule has 0 spiro atoms. The van der Waals surface area contributed by atoms with Crippen LogP contribution in [-0.2, 0) is 4.74 Å². The minimum absolute atomic E-state index is 0.114. The van der Waals surface area contributed by atoms with Crippen LogP contribution in [0.4, 0.5) is 5.69 Å². The molecule has 3 nitrogen and oxygen atoms in total. The minimum atomic E-state index is 0.114. The van der Waals surface area contributed by atoms with E-state index in [1.165, 1.54) is 11.3 Å². The highest BCUT2D eigenvalue weighted by Gasteiger charge is 2.18. The lowest BCUT2D eigenvalue weighted by molar-refractivity contribution is 0.0819. The molecule has 1 aromatic carbocycles. The van der Waals surface area contributed by atoms with Crippen molar-refractivity contribution >= 4 is 5.69 Å². The second-order valence-corrected chi connectivity index (χ2v) is 4.80. The maximum atomic E-state index is 5.85. The lowest BCUT2D eigenvalue weighted by atomic mass is 10.1. The zero-order chi connectivity index (χ0) is 12.3. The minimum Gasteiger partial charge on any atom is -0.381 e. The van der Waals surface area contributed by atoms with E-state index in [-0.39, 0.29) is 6.04 Å². The Kier molecular flexibility index (Phi) is 4.02. The maximum Gasteiger partial charge on any atom is 0.0605 e. The lowest BCUT2D eigenvalue weighted by Gasteiger charge is -2.33. The molecule has 0 saturated carbocycles. The Bertz CT molecular complexity index is 340. The van der Waals surface area contributed by atoms with Gasteiger partial charge in [0.25, 0.3) is 0 Å². The smallest absolute Gasteiger partial charge is 0.0605 e. The van der Waals surface area contributed by atoms with Gasteiger partial charge in [-0.2, -0.15) is 0 Å². The SMILES string of the molecule is COC1CCN(c2ccc([C@H](C)N)cc2)CC1. The fourth-order valence-corrected chi connectivity index (χ4v) is 2.34. The first-order chi connectivity index (χ1) is 8.20. The number of benzene rings is 1. The summed E-state index contributed by atoms with van der Waals surface area (Å²) in [5.41, 5.74) is 8.34. The standard InChI is InChI=1S/C14H22N2O/c1-11(15)12-3-5-13(6-4-12)16-9-7-14(17-2)8-10-16/h3-6,11,14H,7-10,15H2,1-2H3/t11-/m0/s1. The molecule has 1 heterocycles. The Balaban J connectivity index is 1.99. The van der Waals surface area contributed by atoms with Crippen LogP contribution in [0.2, 0.25) is 0 Å². The summed E-state index contributed by atoms with van der Waals surface area (Å²) >= 11 is 0. The van der Waals surface area contributed by atoms with Gasteiger partial charge in [0.15, 0.2) is 0 Å². The van der Waals surface area contributed by atoms with E-state index in [0.717, 1.165) is 25.9 Å². The van der Waals surface area contributed by atoms with Crippen LogP contribution in [0.15, 0.2) is 24.3 Å². The third-order valence-electron chi connectivity index (χ3n) is 3.56. The molecule has 1 atom stereocenters. The van der Waals surface area contributed by atoms with E-state index >= 15 is 0 Å². The third-order valence-corrected chi connectivity index (χ3v) is 3.56. The molecule has 1 aliphatic rings. The third kappa shape index (κ3) is 2.99. The van der Waals surface area contributed by atoms with Crippen molar-refractivity contribution in [2.24, 2.45) is 5.73 Å². The van der Waals surface area contributed by atoms with E-state index in [4.69, 9.17) is 10.5 Å². The van der Waals surface area contributed by atoms with Gasteiger partial charge in [0.1, 0.15) is 0 Å². The zero-order valence-corrected chi connectivity index (χ0v) is 10.7. The van der Waals surface area contributed by atoms with Gasteiger partial charge in [-0.3, -0.25) is 0 Å². The van der Waals surface area contributed by atoms with Crippen molar-refractivity contribution in [1.29, 1.82) is 0 Å². The molecule has 0 bridgehead atoms. The van der Waals surface area contributed by atoms with Crippen LogP contribution in [0, 0.1) is 0 Å². The summed E-state index contributed by atoms with van der Waals surface area (Å²) in [6.45, 7) is 4.17. The van der Waals surface area contributed by atoms with Crippen molar-refractivity contribution in [3.05, 3.63) is 29.8 Å². The molecule has 0 unspecified atom stereocenters. The second kappa shape index (κ2) is 5.52. The first-order valence-corrected chi connectivity index (χ1v) is 6.34. The highest BCUT2D eigenvalue weighted by molar-refractivity contribution is 5.48. The quantitative estimate of drug-likeness (QED) is 0.872. The molecular formula is C14H22N2O. The summed E-state index contributed by atoms with van der Waals surface area (Å²) < 4.78 is 5.38. The van der Waals surface area contributed by atoms with Gasteiger partial charge in [-0.15, -0.1) is 0 Å². The van der Waals surface area contributed by atoms with Crippen LogP contribution in [0.3, 0.4) is 0 Å². The van der Waals surface area contributed by atoms with Crippen molar-refractivity contribution in [3.63, 3.8) is 0 Å². The molecule has 2 N–H and O–H groups in total. The molecule has 2 rings (SSSR count). The Morgan fingerprint density at radius 2 is 1.82 bits per heavy atom. The van der Waals surface area contributed by atoms with Crippen LogP contribution in [0.1, 0.15) is 31.4 Å². The van der Waals surface area contributed by atoms with E-state index < -0.39 is 0 Å². The topological polar surface area (TPSA) is 38.5 Å². The van der Waals surface area contributed by atoms with E-state index in [2.05, 4.69) is 29.2 Å². The Morgan fingerprint density at radius 3 is 2.29 bits per heavy atom. The van der Waals surface area contributed by atoms with Gasteiger partial charge < -0.3 is 15.4 Å². The Morgan fingerprint density at radius 1 is 1.24 bits per heavy atom. The van der Waals surface area contributed by atoms with Gasteiger partial charge in [0, 0.05) is 31.9 Å². The molecule has 0 aliphatic carbocycles.